The number of benzene rings is 1. The number of carbonyl (C=O) groups is 2. The number of phenols is 1. The third-order valence-corrected chi connectivity index (χ3v) is 15.2. The molecule has 0 radical (unpaired) electrons. The van der Waals surface area contributed by atoms with Gasteiger partial charge in [-0.05, 0) is 121 Å². The van der Waals surface area contributed by atoms with Crippen LogP contribution in [-0.2, 0) is 14.3 Å². The number of aliphatic hydroxyl groups excluding tert-OH is 1. The number of hydrogen-bond donors (Lipinski definition) is 3. The molecule has 0 bridgehead atoms. The fraction of sp³-hybridized carbons (Fsp3) is 0.700. The number of esters is 1. The number of allylic oxidation sites excluding steroid dienone is 2. The molecule has 4 fully saturated rings. The lowest BCUT2D eigenvalue weighted by Gasteiger charge is -2.71. The number of methoxy groups -OCH3 is 1. The highest BCUT2D eigenvalue weighted by molar-refractivity contribution is 5.87. The number of rotatable bonds is 5. The standard InChI is InChI=1S/C40H56O7/c1-23-15-18-40(35(44)45)20-19-38(6)26(33(40)24(23)2)11-13-31-37(5)22-28(42)34(36(3,4)30(37)16-17-39(31,38)7)47-32(43)14-10-25-9-12-27(41)29(21-25)46-8/h9-12,14,21,23-24,28,30-31,33-34,41-42H,13,15-20,22H2,1-8H3,(H,44,45)/t23-,24+,28-,30+,31-,33+,34+,37+,38-,39-,40+/m1/s1. The zero-order valence-corrected chi connectivity index (χ0v) is 29.6. The van der Waals surface area contributed by atoms with Crippen LogP contribution in [0.2, 0.25) is 0 Å². The lowest BCUT2D eigenvalue weighted by atomic mass is 9.33. The number of aliphatic hydroxyl groups is 1. The van der Waals surface area contributed by atoms with Crippen LogP contribution >= 0.6 is 0 Å². The number of ether oxygens (including phenoxy) is 2. The molecule has 258 valence electrons. The maximum atomic E-state index is 13.1. The number of fused-ring (bicyclic) bond motifs is 7. The normalized spacial score (nSPS) is 43.9. The number of hydrogen-bond acceptors (Lipinski definition) is 6. The molecule has 5 aliphatic rings. The number of carboxylic acid groups (broad SMARTS) is 1. The molecule has 5 aliphatic carbocycles. The lowest BCUT2D eigenvalue weighted by Crippen LogP contribution is -2.67. The van der Waals surface area contributed by atoms with Crippen LogP contribution in [0, 0.1) is 56.7 Å². The first-order valence-corrected chi connectivity index (χ1v) is 17.8. The Bertz CT molecular complexity index is 1490. The van der Waals surface area contributed by atoms with Gasteiger partial charge in [0.25, 0.3) is 0 Å². The van der Waals surface area contributed by atoms with Crippen LogP contribution in [-0.4, -0.2) is 46.6 Å². The number of aliphatic carboxylic acids is 1. The summed E-state index contributed by atoms with van der Waals surface area (Å²) in [6.07, 6.45) is 10.9. The van der Waals surface area contributed by atoms with Crippen molar-refractivity contribution in [3.8, 4) is 11.5 Å². The minimum Gasteiger partial charge on any atom is -0.504 e. The van der Waals surface area contributed by atoms with Gasteiger partial charge in [0.1, 0.15) is 6.10 Å². The van der Waals surface area contributed by atoms with Gasteiger partial charge in [-0.2, -0.15) is 0 Å². The average molecular weight is 649 g/mol. The van der Waals surface area contributed by atoms with Gasteiger partial charge in [0.15, 0.2) is 11.5 Å². The summed E-state index contributed by atoms with van der Waals surface area (Å²) in [5.74, 6) is 0.705. The molecular weight excluding hydrogens is 592 g/mol. The molecule has 7 nitrogen and oxygen atoms in total. The Labute approximate surface area is 280 Å². The highest BCUT2D eigenvalue weighted by Gasteiger charge is 2.70. The molecule has 0 saturated heterocycles. The van der Waals surface area contributed by atoms with Crippen LogP contribution < -0.4 is 4.74 Å². The van der Waals surface area contributed by atoms with Crippen molar-refractivity contribution in [1.29, 1.82) is 0 Å². The van der Waals surface area contributed by atoms with E-state index in [4.69, 9.17) is 9.47 Å². The zero-order valence-electron chi connectivity index (χ0n) is 29.6. The number of carboxylic acids is 1. The second-order valence-corrected chi connectivity index (χ2v) is 17.3. The van der Waals surface area contributed by atoms with Crippen molar-refractivity contribution in [3.63, 3.8) is 0 Å². The summed E-state index contributed by atoms with van der Waals surface area (Å²) in [4.78, 5) is 26.1. The van der Waals surface area contributed by atoms with Gasteiger partial charge in [0.2, 0.25) is 0 Å². The molecule has 0 aromatic heterocycles. The van der Waals surface area contributed by atoms with E-state index in [0.29, 0.717) is 35.5 Å². The van der Waals surface area contributed by atoms with Crippen molar-refractivity contribution in [2.75, 3.05) is 7.11 Å². The Morgan fingerprint density at radius 2 is 1.70 bits per heavy atom. The molecule has 47 heavy (non-hydrogen) atoms. The Kier molecular flexibility index (Phi) is 8.26. The zero-order chi connectivity index (χ0) is 34.3. The summed E-state index contributed by atoms with van der Waals surface area (Å²) in [5.41, 5.74) is 0.686. The Morgan fingerprint density at radius 1 is 0.979 bits per heavy atom. The molecule has 0 spiro atoms. The quantitative estimate of drug-likeness (QED) is 0.168. The first kappa shape index (κ1) is 34.1. The molecule has 0 aliphatic heterocycles. The fourth-order valence-corrected chi connectivity index (χ4v) is 12.3. The number of phenolic OH excluding ortho intramolecular Hbond substituents is 1. The van der Waals surface area contributed by atoms with Crippen molar-refractivity contribution >= 4 is 18.0 Å². The van der Waals surface area contributed by atoms with E-state index in [1.54, 1.807) is 18.2 Å². The molecular formula is C40H56O7. The van der Waals surface area contributed by atoms with Crippen LogP contribution in [0.25, 0.3) is 6.08 Å². The van der Waals surface area contributed by atoms with Crippen LogP contribution in [0.1, 0.15) is 105 Å². The molecule has 3 N–H and O–H groups in total. The third kappa shape index (κ3) is 4.83. The van der Waals surface area contributed by atoms with Crippen molar-refractivity contribution in [2.45, 2.75) is 112 Å². The Hall–Kier alpha value is -2.80. The van der Waals surface area contributed by atoms with Crippen molar-refractivity contribution in [3.05, 3.63) is 41.5 Å². The molecule has 1 aromatic carbocycles. The predicted molar refractivity (Wildman–Crippen MR) is 182 cm³/mol. The molecule has 4 saturated carbocycles. The van der Waals surface area contributed by atoms with Crippen LogP contribution in [0.4, 0.5) is 0 Å². The average Bonchev–Trinajstić information content (AvgIpc) is 3.00. The first-order chi connectivity index (χ1) is 22.0. The van der Waals surface area contributed by atoms with Crippen molar-refractivity contribution < 1.29 is 34.4 Å². The van der Waals surface area contributed by atoms with Gasteiger partial charge >= 0.3 is 11.9 Å². The van der Waals surface area contributed by atoms with Gasteiger partial charge in [-0.3, -0.25) is 4.79 Å². The third-order valence-electron chi connectivity index (χ3n) is 15.2. The topological polar surface area (TPSA) is 113 Å². The van der Waals surface area contributed by atoms with Gasteiger partial charge in [-0.1, -0.05) is 66.2 Å². The maximum absolute atomic E-state index is 13.1. The molecule has 6 rings (SSSR count). The molecule has 1 aromatic rings. The minimum absolute atomic E-state index is 0.0272. The molecule has 11 atom stereocenters. The van der Waals surface area contributed by atoms with Gasteiger partial charge < -0.3 is 24.8 Å². The molecule has 0 heterocycles. The van der Waals surface area contributed by atoms with Crippen molar-refractivity contribution in [2.24, 2.45) is 56.7 Å². The van der Waals surface area contributed by atoms with Crippen LogP contribution in [0.5, 0.6) is 11.5 Å². The summed E-state index contributed by atoms with van der Waals surface area (Å²) >= 11 is 0. The lowest BCUT2D eigenvalue weighted by molar-refractivity contribution is -0.238. The SMILES string of the molecule is COc1cc(C=CC(=O)O[C@H]2[C@H](O)C[C@]3(C)[C@H]4CC=C5[C@@H]6[C@@H](C)[C@H](C)CC[C@]6(C(=O)O)CC[C@@]5(C)[C@]4(C)CC[C@H]3C2(C)C)ccc1O. The second kappa shape index (κ2) is 11.4. The summed E-state index contributed by atoms with van der Waals surface area (Å²) < 4.78 is 11.3. The minimum atomic E-state index is -0.803. The summed E-state index contributed by atoms with van der Waals surface area (Å²) in [7, 11) is 1.48. The van der Waals surface area contributed by atoms with Crippen LogP contribution in [0.3, 0.4) is 0 Å². The summed E-state index contributed by atoms with van der Waals surface area (Å²) in [6.45, 7) is 16.2. The summed E-state index contributed by atoms with van der Waals surface area (Å²) in [5, 5.41) is 32.4. The van der Waals surface area contributed by atoms with Gasteiger partial charge in [-0.15, -0.1) is 0 Å². The molecule has 0 amide bonds. The molecule has 0 unspecified atom stereocenters. The van der Waals surface area contributed by atoms with Gasteiger partial charge in [0.05, 0.1) is 18.6 Å². The van der Waals surface area contributed by atoms with Gasteiger partial charge in [-0.25, -0.2) is 4.79 Å². The van der Waals surface area contributed by atoms with E-state index < -0.39 is 35.0 Å². The Morgan fingerprint density at radius 3 is 2.38 bits per heavy atom. The first-order valence-electron chi connectivity index (χ1n) is 17.8. The second-order valence-electron chi connectivity index (χ2n) is 17.3. The fourth-order valence-electron chi connectivity index (χ4n) is 12.3. The van der Waals surface area contributed by atoms with E-state index in [-0.39, 0.29) is 33.8 Å². The van der Waals surface area contributed by atoms with Crippen molar-refractivity contribution in [1.82, 2.24) is 0 Å². The number of aromatic hydroxyl groups is 1. The van der Waals surface area contributed by atoms with E-state index in [0.717, 1.165) is 44.9 Å². The van der Waals surface area contributed by atoms with Crippen LogP contribution in [0.15, 0.2) is 35.9 Å². The monoisotopic (exact) mass is 648 g/mol. The number of carbonyl (C=O) groups excluding carboxylic acids is 1. The van der Waals surface area contributed by atoms with E-state index in [1.807, 2.05) is 0 Å². The van der Waals surface area contributed by atoms with E-state index >= 15 is 0 Å². The largest absolute Gasteiger partial charge is 0.504 e. The maximum Gasteiger partial charge on any atom is 0.331 e. The highest BCUT2D eigenvalue weighted by atomic mass is 16.6. The highest BCUT2D eigenvalue weighted by Crippen LogP contribution is 2.75. The van der Waals surface area contributed by atoms with E-state index in [2.05, 4.69) is 54.5 Å². The smallest absolute Gasteiger partial charge is 0.331 e. The Balaban J connectivity index is 1.28. The predicted octanol–water partition coefficient (Wildman–Crippen LogP) is 8.04. The van der Waals surface area contributed by atoms with E-state index in [1.165, 1.54) is 24.8 Å². The van der Waals surface area contributed by atoms with Gasteiger partial charge in [0, 0.05) is 11.5 Å². The van der Waals surface area contributed by atoms with E-state index in [9.17, 15) is 24.9 Å². The summed E-state index contributed by atoms with van der Waals surface area (Å²) in [6, 6.07) is 4.86. The molecule has 7 heteroatoms.